The number of halogens is 4. The third-order valence-electron chi connectivity index (χ3n) is 4.27. The Labute approximate surface area is 148 Å². The molecule has 0 radical (unpaired) electrons. The van der Waals surface area contributed by atoms with E-state index in [1.165, 1.54) is 18.2 Å². The molecule has 1 saturated heterocycles. The van der Waals surface area contributed by atoms with Crippen molar-refractivity contribution >= 4 is 0 Å². The molecule has 0 saturated carbocycles. The zero-order valence-corrected chi connectivity index (χ0v) is 14.0. The Kier molecular flexibility index (Phi) is 5.60. The summed E-state index contributed by atoms with van der Waals surface area (Å²) in [7, 11) is 0. The SMILES string of the molecule is Fc1ccc([C@]2(OCCc3cccc(C(F)(F)F)c3)COCCN2)cc1. The molecule has 0 bridgehead atoms. The first-order chi connectivity index (χ1) is 12.4. The Hall–Kier alpha value is -1.96. The molecule has 1 fully saturated rings. The zero-order valence-electron chi connectivity index (χ0n) is 14.0. The maximum absolute atomic E-state index is 13.2. The van der Waals surface area contributed by atoms with Crippen molar-refractivity contribution in [3.63, 3.8) is 0 Å². The molecule has 1 heterocycles. The number of nitrogens with one attached hydrogen (secondary N) is 1. The van der Waals surface area contributed by atoms with Gasteiger partial charge in [-0.1, -0.05) is 30.3 Å². The smallest absolute Gasteiger partial charge is 0.375 e. The fraction of sp³-hybridized carbons (Fsp3) is 0.368. The highest BCUT2D eigenvalue weighted by molar-refractivity contribution is 5.26. The van der Waals surface area contributed by atoms with Crippen molar-refractivity contribution in [3.05, 3.63) is 71.0 Å². The maximum atomic E-state index is 13.2. The number of rotatable bonds is 5. The standard InChI is InChI=1S/C19H19F4NO2/c20-17-6-4-15(5-7-17)18(13-25-11-9-24-18)26-10-8-14-2-1-3-16(12-14)19(21,22)23/h1-7,12,24H,8-11,13H2/t18-/m1/s1. The van der Waals surface area contributed by atoms with Crippen molar-refractivity contribution in [3.8, 4) is 0 Å². The average Bonchev–Trinajstić information content (AvgIpc) is 2.63. The summed E-state index contributed by atoms with van der Waals surface area (Å²) >= 11 is 0. The second kappa shape index (κ2) is 7.73. The van der Waals surface area contributed by atoms with E-state index in [0.29, 0.717) is 30.7 Å². The minimum atomic E-state index is -4.37. The molecule has 1 atom stereocenters. The second-order valence-electron chi connectivity index (χ2n) is 6.11. The molecule has 1 N–H and O–H groups in total. The third-order valence-corrected chi connectivity index (χ3v) is 4.27. The average molecular weight is 369 g/mol. The van der Waals surface area contributed by atoms with Gasteiger partial charge in [0.2, 0.25) is 0 Å². The van der Waals surface area contributed by atoms with Crippen LogP contribution >= 0.6 is 0 Å². The van der Waals surface area contributed by atoms with Crippen LogP contribution in [-0.2, 0) is 27.8 Å². The first-order valence-corrected chi connectivity index (χ1v) is 8.28. The predicted octanol–water partition coefficient (Wildman–Crippen LogP) is 3.88. The van der Waals surface area contributed by atoms with Crippen LogP contribution in [0.4, 0.5) is 17.6 Å². The fourth-order valence-electron chi connectivity index (χ4n) is 2.92. The monoisotopic (exact) mass is 369 g/mol. The van der Waals surface area contributed by atoms with E-state index in [0.717, 1.165) is 12.1 Å². The molecule has 7 heteroatoms. The van der Waals surface area contributed by atoms with Gasteiger partial charge >= 0.3 is 6.18 Å². The van der Waals surface area contributed by atoms with Gasteiger partial charge in [-0.05, 0) is 30.2 Å². The van der Waals surface area contributed by atoms with Crippen LogP contribution in [0.3, 0.4) is 0 Å². The molecule has 2 aromatic carbocycles. The summed E-state index contributed by atoms with van der Waals surface area (Å²) in [6.45, 7) is 1.51. The Morgan fingerprint density at radius 3 is 2.54 bits per heavy atom. The van der Waals surface area contributed by atoms with E-state index in [1.807, 2.05) is 0 Å². The minimum Gasteiger partial charge on any atom is -0.375 e. The van der Waals surface area contributed by atoms with Crippen molar-refractivity contribution in [1.82, 2.24) is 5.32 Å². The second-order valence-corrected chi connectivity index (χ2v) is 6.11. The van der Waals surface area contributed by atoms with Gasteiger partial charge in [-0.3, -0.25) is 5.32 Å². The van der Waals surface area contributed by atoms with Gasteiger partial charge in [0.25, 0.3) is 0 Å². The van der Waals surface area contributed by atoms with Gasteiger partial charge in [-0.2, -0.15) is 13.2 Å². The van der Waals surface area contributed by atoms with E-state index in [1.54, 1.807) is 18.2 Å². The van der Waals surface area contributed by atoms with Gasteiger partial charge in [0.1, 0.15) is 5.82 Å². The van der Waals surface area contributed by atoms with Gasteiger partial charge in [0, 0.05) is 12.1 Å². The van der Waals surface area contributed by atoms with Crippen LogP contribution in [0.25, 0.3) is 0 Å². The lowest BCUT2D eigenvalue weighted by molar-refractivity contribution is -0.148. The van der Waals surface area contributed by atoms with Crippen molar-refractivity contribution in [2.45, 2.75) is 18.3 Å². The van der Waals surface area contributed by atoms with Crippen LogP contribution in [0, 0.1) is 5.82 Å². The van der Waals surface area contributed by atoms with E-state index >= 15 is 0 Å². The normalized spacial score (nSPS) is 20.9. The Bertz CT molecular complexity index is 725. The van der Waals surface area contributed by atoms with E-state index in [9.17, 15) is 17.6 Å². The molecule has 0 amide bonds. The quantitative estimate of drug-likeness (QED) is 0.812. The van der Waals surface area contributed by atoms with E-state index < -0.39 is 17.5 Å². The number of ether oxygens (including phenoxy) is 2. The molecule has 140 valence electrons. The van der Waals surface area contributed by atoms with E-state index in [2.05, 4.69) is 5.32 Å². The molecule has 2 aromatic rings. The van der Waals surface area contributed by atoms with Crippen LogP contribution in [-0.4, -0.2) is 26.4 Å². The van der Waals surface area contributed by atoms with Crippen LogP contribution in [0.15, 0.2) is 48.5 Å². The summed E-state index contributed by atoms with van der Waals surface area (Å²) in [6, 6.07) is 11.1. The lowest BCUT2D eigenvalue weighted by atomic mass is 10.0. The largest absolute Gasteiger partial charge is 0.416 e. The van der Waals surface area contributed by atoms with Crippen LogP contribution < -0.4 is 5.32 Å². The lowest BCUT2D eigenvalue weighted by Gasteiger charge is -2.38. The predicted molar refractivity (Wildman–Crippen MR) is 88.0 cm³/mol. The summed E-state index contributed by atoms with van der Waals surface area (Å²) in [5.41, 5.74) is -0.371. The number of alkyl halides is 3. The fourth-order valence-corrected chi connectivity index (χ4v) is 2.92. The van der Waals surface area contributed by atoms with Gasteiger partial charge in [0.15, 0.2) is 5.72 Å². The van der Waals surface area contributed by atoms with Crippen molar-refractivity contribution in [2.75, 3.05) is 26.4 Å². The highest BCUT2D eigenvalue weighted by Gasteiger charge is 2.36. The molecule has 26 heavy (non-hydrogen) atoms. The Morgan fingerprint density at radius 2 is 1.88 bits per heavy atom. The summed E-state index contributed by atoms with van der Waals surface area (Å²) in [4.78, 5) is 0. The van der Waals surface area contributed by atoms with Crippen molar-refractivity contribution in [1.29, 1.82) is 0 Å². The first-order valence-electron chi connectivity index (χ1n) is 8.28. The Morgan fingerprint density at radius 1 is 1.12 bits per heavy atom. The van der Waals surface area contributed by atoms with E-state index in [4.69, 9.17) is 9.47 Å². The summed E-state index contributed by atoms with van der Waals surface area (Å²) in [5, 5.41) is 3.24. The van der Waals surface area contributed by atoms with Crippen molar-refractivity contribution in [2.24, 2.45) is 0 Å². The summed E-state index contributed by atoms with van der Waals surface area (Å²) in [5.74, 6) is -0.357. The van der Waals surface area contributed by atoms with Crippen LogP contribution in [0.5, 0.6) is 0 Å². The molecule has 3 rings (SSSR count). The topological polar surface area (TPSA) is 30.5 Å². The van der Waals surface area contributed by atoms with Gasteiger partial charge in [0.05, 0.1) is 25.4 Å². The number of morpholine rings is 1. The van der Waals surface area contributed by atoms with Crippen LogP contribution in [0.1, 0.15) is 16.7 Å². The highest BCUT2D eigenvalue weighted by atomic mass is 19.4. The number of hydrogen-bond donors (Lipinski definition) is 1. The van der Waals surface area contributed by atoms with Crippen LogP contribution in [0.2, 0.25) is 0 Å². The molecule has 0 spiro atoms. The molecule has 1 aliphatic rings. The zero-order chi connectivity index (χ0) is 18.6. The molecule has 1 aliphatic heterocycles. The van der Waals surface area contributed by atoms with Crippen molar-refractivity contribution < 1.29 is 27.0 Å². The van der Waals surface area contributed by atoms with Gasteiger partial charge in [-0.25, -0.2) is 4.39 Å². The minimum absolute atomic E-state index is 0.190. The summed E-state index contributed by atoms with van der Waals surface area (Å²) < 4.78 is 63.1. The molecule has 0 aliphatic carbocycles. The van der Waals surface area contributed by atoms with Gasteiger partial charge < -0.3 is 9.47 Å². The Balaban J connectivity index is 1.70. The number of benzene rings is 2. The highest BCUT2D eigenvalue weighted by Crippen LogP contribution is 2.30. The molecule has 0 unspecified atom stereocenters. The third kappa shape index (κ3) is 4.41. The first kappa shape index (κ1) is 18.8. The molecular weight excluding hydrogens is 350 g/mol. The number of hydrogen-bond acceptors (Lipinski definition) is 3. The van der Waals surface area contributed by atoms with E-state index in [-0.39, 0.29) is 19.0 Å². The lowest BCUT2D eigenvalue weighted by Crippen LogP contribution is -2.53. The molecule has 3 nitrogen and oxygen atoms in total. The molecular formula is C19H19F4NO2. The molecule has 0 aromatic heterocycles. The maximum Gasteiger partial charge on any atom is 0.416 e. The van der Waals surface area contributed by atoms with Gasteiger partial charge in [-0.15, -0.1) is 0 Å². The summed E-state index contributed by atoms with van der Waals surface area (Å²) in [6.07, 6.45) is -4.06.